The van der Waals surface area contributed by atoms with Gasteiger partial charge in [-0.15, -0.1) is 0 Å². The highest BCUT2D eigenvalue weighted by molar-refractivity contribution is 9.10. The molecule has 1 amide bonds. The van der Waals surface area contributed by atoms with Crippen molar-refractivity contribution < 1.29 is 4.79 Å². The van der Waals surface area contributed by atoms with E-state index < -0.39 is 0 Å². The smallest absolute Gasteiger partial charge is 0.254 e. The highest BCUT2D eigenvalue weighted by Gasteiger charge is 2.21. The lowest BCUT2D eigenvalue weighted by atomic mass is 9.97. The Hall–Kier alpha value is -0.830. The van der Waals surface area contributed by atoms with Crippen molar-refractivity contribution in [1.29, 1.82) is 0 Å². The number of benzene rings is 1. The Bertz CT molecular complexity index is 476. The molecule has 0 aromatic heterocycles. The number of hydrogen-bond acceptors (Lipinski definition) is 1. The fourth-order valence-electron chi connectivity index (χ4n) is 2.50. The molecule has 18 heavy (non-hydrogen) atoms. The fraction of sp³-hybridized carbons (Fsp3) is 0.533. The van der Waals surface area contributed by atoms with Gasteiger partial charge in [-0.05, 0) is 62.8 Å². The molecule has 1 aliphatic rings. The molecule has 0 unspecified atom stereocenters. The Labute approximate surface area is 117 Å². The van der Waals surface area contributed by atoms with Crippen LogP contribution in [0.4, 0.5) is 0 Å². The van der Waals surface area contributed by atoms with Crippen molar-refractivity contribution in [1.82, 2.24) is 4.90 Å². The maximum atomic E-state index is 12.5. The lowest BCUT2D eigenvalue weighted by molar-refractivity contribution is 0.0723. The number of halogens is 1. The zero-order chi connectivity index (χ0) is 13.3. The van der Waals surface area contributed by atoms with Crippen molar-refractivity contribution in [2.75, 3.05) is 13.1 Å². The van der Waals surface area contributed by atoms with E-state index in [4.69, 9.17) is 0 Å². The van der Waals surface area contributed by atoms with E-state index >= 15 is 0 Å². The number of rotatable bonds is 1. The molecule has 0 bridgehead atoms. The number of carbonyl (C=O) groups excluding carboxylic acids is 1. The van der Waals surface area contributed by atoms with Crippen LogP contribution in [0.5, 0.6) is 0 Å². The number of carbonyl (C=O) groups is 1. The van der Waals surface area contributed by atoms with E-state index in [0.717, 1.165) is 41.5 Å². The van der Waals surface area contributed by atoms with Gasteiger partial charge in [-0.2, -0.15) is 0 Å². The van der Waals surface area contributed by atoms with Gasteiger partial charge in [-0.3, -0.25) is 4.79 Å². The van der Waals surface area contributed by atoms with Gasteiger partial charge in [0, 0.05) is 23.1 Å². The van der Waals surface area contributed by atoms with Crippen molar-refractivity contribution in [2.45, 2.75) is 40.0 Å². The first kappa shape index (κ1) is 13.6. The number of nitrogens with zero attached hydrogens (tertiary/aromatic N) is 1. The Kier molecular flexibility index (Phi) is 4.10. The summed E-state index contributed by atoms with van der Waals surface area (Å²) in [6, 6.07) is 1.98. The van der Waals surface area contributed by atoms with Gasteiger partial charge in [0.15, 0.2) is 0 Å². The third-order valence-electron chi connectivity index (χ3n) is 4.03. The molecule has 1 aromatic rings. The predicted octanol–water partition coefficient (Wildman–Crippen LogP) is 4.00. The van der Waals surface area contributed by atoms with Crippen LogP contribution in [0.3, 0.4) is 0 Å². The molecular weight excluding hydrogens is 290 g/mol. The molecule has 0 atom stereocenters. The summed E-state index contributed by atoms with van der Waals surface area (Å²) >= 11 is 3.55. The Morgan fingerprint density at radius 1 is 1.06 bits per heavy atom. The van der Waals surface area contributed by atoms with Gasteiger partial charge in [-0.25, -0.2) is 0 Å². The van der Waals surface area contributed by atoms with Crippen LogP contribution in [0.2, 0.25) is 0 Å². The molecule has 0 N–H and O–H groups in total. The summed E-state index contributed by atoms with van der Waals surface area (Å²) in [7, 11) is 0. The quantitative estimate of drug-likeness (QED) is 0.768. The molecule has 0 aliphatic carbocycles. The van der Waals surface area contributed by atoms with Crippen LogP contribution in [0.15, 0.2) is 10.5 Å². The molecule has 98 valence electrons. The van der Waals surface area contributed by atoms with Gasteiger partial charge in [0.05, 0.1) is 0 Å². The zero-order valence-electron chi connectivity index (χ0n) is 11.3. The van der Waals surface area contributed by atoms with E-state index in [9.17, 15) is 4.79 Å². The highest BCUT2D eigenvalue weighted by atomic mass is 79.9. The third-order valence-corrected chi connectivity index (χ3v) is 4.86. The standard InChI is InChI=1S/C15H20BrNO/c1-10-11(2)13(9-14(16)12(10)3)15(18)17-7-5-4-6-8-17/h9H,4-8H2,1-3H3. The van der Waals surface area contributed by atoms with E-state index in [1.54, 1.807) is 0 Å². The van der Waals surface area contributed by atoms with Gasteiger partial charge < -0.3 is 4.90 Å². The van der Waals surface area contributed by atoms with Gasteiger partial charge in [0.2, 0.25) is 0 Å². The Morgan fingerprint density at radius 3 is 2.28 bits per heavy atom. The van der Waals surface area contributed by atoms with Crippen LogP contribution < -0.4 is 0 Å². The van der Waals surface area contributed by atoms with Crippen LogP contribution in [-0.4, -0.2) is 23.9 Å². The van der Waals surface area contributed by atoms with Crippen LogP contribution in [0.1, 0.15) is 46.3 Å². The van der Waals surface area contributed by atoms with Gasteiger partial charge >= 0.3 is 0 Å². The maximum absolute atomic E-state index is 12.5. The number of amides is 1. The van der Waals surface area contributed by atoms with E-state index in [1.807, 2.05) is 17.9 Å². The Balaban J connectivity index is 2.35. The average molecular weight is 310 g/mol. The minimum Gasteiger partial charge on any atom is -0.339 e. The lowest BCUT2D eigenvalue weighted by Gasteiger charge is -2.28. The van der Waals surface area contributed by atoms with E-state index in [0.29, 0.717) is 0 Å². The molecule has 2 nitrogen and oxygen atoms in total. The van der Waals surface area contributed by atoms with Crippen molar-refractivity contribution in [3.05, 3.63) is 32.8 Å². The SMILES string of the molecule is Cc1c(Br)cc(C(=O)N2CCCCC2)c(C)c1C. The minimum atomic E-state index is 0.191. The van der Waals surface area contributed by atoms with Crippen molar-refractivity contribution in [2.24, 2.45) is 0 Å². The number of hydrogen-bond donors (Lipinski definition) is 0. The van der Waals surface area contributed by atoms with Gasteiger partial charge in [-0.1, -0.05) is 15.9 Å². The van der Waals surface area contributed by atoms with Gasteiger partial charge in [0.25, 0.3) is 5.91 Å². The lowest BCUT2D eigenvalue weighted by Crippen LogP contribution is -2.36. The summed E-state index contributed by atoms with van der Waals surface area (Å²) in [6.45, 7) is 8.03. The van der Waals surface area contributed by atoms with Gasteiger partial charge in [0.1, 0.15) is 0 Å². The zero-order valence-corrected chi connectivity index (χ0v) is 12.9. The molecule has 3 heteroatoms. The van der Waals surface area contributed by atoms with Crippen molar-refractivity contribution in [3.63, 3.8) is 0 Å². The summed E-state index contributed by atoms with van der Waals surface area (Å²) in [5, 5.41) is 0. The molecule has 1 aromatic carbocycles. The second-order valence-corrected chi connectivity index (χ2v) is 5.99. The first-order valence-corrected chi connectivity index (χ1v) is 7.37. The average Bonchev–Trinajstić information content (AvgIpc) is 2.41. The monoisotopic (exact) mass is 309 g/mol. The second kappa shape index (κ2) is 5.43. The summed E-state index contributed by atoms with van der Waals surface area (Å²) in [5.41, 5.74) is 4.41. The van der Waals surface area contributed by atoms with E-state index in [1.165, 1.54) is 17.5 Å². The topological polar surface area (TPSA) is 20.3 Å². The van der Waals surface area contributed by atoms with Crippen LogP contribution in [0.25, 0.3) is 0 Å². The summed E-state index contributed by atoms with van der Waals surface area (Å²) in [4.78, 5) is 14.5. The first-order chi connectivity index (χ1) is 8.52. The molecule has 2 rings (SSSR count). The molecular formula is C15H20BrNO. The molecule has 1 saturated heterocycles. The van der Waals surface area contributed by atoms with E-state index in [-0.39, 0.29) is 5.91 Å². The molecule has 1 aliphatic heterocycles. The van der Waals surface area contributed by atoms with Crippen LogP contribution in [-0.2, 0) is 0 Å². The minimum absolute atomic E-state index is 0.191. The first-order valence-electron chi connectivity index (χ1n) is 6.58. The van der Waals surface area contributed by atoms with Crippen molar-refractivity contribution >= 4 is 21.8 Å². The second-order valence-electron chi connectivity index (χ2n) is 5.13. The Morgan fingerprint density at radius 2 is 1.67 bits per heavy atom. The molecule has 0 spiro atoms. The highest BCUT2D eigenvalue weighted by Crippen LogP contribution is 2.27. The van der Waals surface area contributed by atoms with Crippen molar-refractivity contribution in [3.8, 4) is 0 Å². The van der Waals surface area contributed by atoms with Crippen LogP contribution >= 0.6 is 15.9 Å². The molecule has 1 fully saturated rings. The summed E-state index contributed by atoms with van der Waals surface area (Å²) < 4.78 is 1.03. The third kappa shape index (κ3) is 2.46. The van der Waals surface area contributed by atoms with Crippen LogP contribution in [0, 0.1) is 20.8 Å². The summed E-state index contributed by atoms with van der Waals surface area (Å²) in [5.74, 6) is 0.191. The summed E-state index contributed by atoms with van der Waals surface area (Å²) in [6.07, 6.45) is 3.52. The normalized spacial score (nSPS) is 15.9. The maximum Gasteiger partial charge on any atom is 0.254 e. The molecule has 0 saturated carbocycles. The fourth-order valence-corrected chi connectivity index (χ4v) is 3.02. The predicted molar refractivity (Wildman–Crippen MR) is 78.1 cm³/mol. The molecule has 1 heterocycles. The van der Waals surface area contributed by atoms with E-state index in [2.05, 4.69) is 29.8 Å². The largest absolute Gasteiger partial charge is 0.339 e. The molecule has 0 radical (unpaired) electrons. The number of piperidine rings is 1. The number of likely N-dealkylation sites (tertiary alicyclic amines) is 1.